The molecule has 2 atom stereocenters. The van der Waals surface area contributed by atoms with Crippen molar-refractivity contribution < 1.29 is 41.8 Å². The van der Waals surface area contributed by atoms with E-state index >= 15 is 0 Å². The van der Waals surface area contributed by atoms with Crippen molar-refractivity contribution in [2.45, 2.75) is 23.3 Å². The Labute approximate surface area is 187 Å². The number of phenolic OH excluding ortho intramolecular Hbond substituents is 1. The number of nitrogens with zero attached hydrogens (tertiary/aromatic N) is 2. The van der Waals surface area contributed by atoms with Crippen LogP contribution in [0.15, 0.2) is 41.3 Å². The largest absolute Gasteiger partial charge is 0.573 e. The van der Waals surface area contributed by atoms with E-state index in [4.69, 9.17) is 27.1 Å². The zero-order valence-corrected chi connectivity index (χ0v) is 17.7. The lowest BCUT2D eigenvalue weighted by atomic mass is 10.1. The number of nitriles is 1. The highest BCUT2D eigenvalue weighted by molar-refractivity contribution is 7.82. The number of rotatable bonds is 4. The van der Waals surface area contributed by atoms with Crippen molar-refractivity contribution >= 4 is 22.6 Å². The molecule has 0 aliphatic carbocycles. The minimum Gasteiger partial charge on any atom is -0.508 e. The summed E-state index contributed by atoms with van der Waals surface area (Å²) in [7, 11) is -1.80. The molecule has 174 valence electrons. The van der Waals surface area contributed by atoms with Crippen LogP contribution in [0.1, 0.15) is 12.0 Å². The van der Waals surface area contributed by atoms with Crippen LogP contribution in [0.3, 0.4) is 0 Å². The maximum absolute atomic E-state index is 12.5. The van der Waals surface area contributed by atoms with Crippen LogP contribution >= 0.6 is 11.6 Å². The van der Waals surface area contributed by atoms with Crippen molar-refractivity contribution in [2.24, 2.45) is 0 Å². The molecule has 0 bridgehead atoms. The molecule has 32 heavy (non-hydrogen) atoms. The maximum Gasteiger partial charge on any atom is 0.573 e. The monoisotopic (exact) mass is 496 g/mol. The van der Waals surface area contributed by atoms with Crippen LogP contribution in [0.5, 0.6) is 11.5 Å². The van der Waals surface area contributed by atoms with Gasteiger partial charge in [-0.25, -0.2) is 12.9 Å². The summed E-state index contributed by atoms with van der Waals surface area (Å²) in [5.41, 5.74) is -1.41. The molecule has 13 heteroatoms. The molecule has 1 heterocycles. The third-order valence-electron chi connectivity index (χ3n) is 4.23. The Hall–Kier alpha value is -2.43. The molecule has 0 aromatic heterocycles. The molecule has 7 nitrogen and oxygen atoms in total. The van der Waals surface area contributed by atoms with Crippen LogP contribution in [-0.4, -0.2) is 55.5 Å². The Bertz CT molecular complexity index is 1030. The number of aromatic hydroxyl groups is 1. The molecule has 0 saturated carbocycles. The van der Waals surface area contributed by atoms with Crippen molar-refractivity contribution in [3.05, 3.63) is 52.8 Å². The van der Waals surface area contributed by atoms with Crippen LogP contribution in [0.2, 0.25) is 5.02 Å². The molecule has 0 spiro atoms. The first kappa shape index (κ1) is 25.8. The summed E-state index contributed by atoms with van der Waals surface area (Å²) in [6.07, 6.45) is -4.69. The summed E-state index contributed by atoms with van der Waals surface area (Å²) in [5, 5.41) is 35.6. The molecule has 3 N–H and O–H groups in total. The zero-order valence-electron chi connectivity index (χ0n) is 16.1. The lowest BCUT2D eigenvalue weighted by Crippen LogP contribution is -2.37. The number of halogens is 5. The van der Waals surface area contributed by atoms with E-state index in [0.717, 1.165) is 18.2 Å². The molecule has 1 aliphatic rings. The first-order chi connectivity index (χ1) is 14.9. The number of hydrogen-bond donors (Lipinski definition) is 3. The van der Waals surface area contributed by atoms with Gasteiger partial charge in [-0.3, -0.25) is 0 Å². The van der Waals surface area contributed by atoms with Crippen LogP contribution in [0.25, 0.3) is 0 Å². The van der Waals surface area contributed by atoms with Crippen LogP contribution in [0.4, 0.5) is 17.6 Å². The predicted octanol–water partition coefficient (Wildman–Crippen LogP) is 3.09. The first-order valence-corrected chi connectivity index (χ1v) is 10.3. The number of ether oxygens (including phenoxy) is 1. The highest BCUT2D eigenvalue weighted by Crippen LogP contribution is 2.33. The van der Waals surface area contributed by atoms with Gasteiger partial charge in [0.15, 0.2) is 0 Å². The van der Waals surface area contributed by atoms with Crippen molar-refractivity contribution in [1.82, 2.24) is 4.31 Å². The topological polar surface area (TPSA) is 114 Å². The normalized spacial score (nSPS) is 19.6. The molecule has 1 aliphatic heterocycles. The molecule has 2 aromatic rings. The van der Waals surface area contributed by atoms with Gasteiger partial charge in [0, 0.05) is 19.2 Å². The molecule has 0 radical (unpaired) electrons. The fraction of sp³-hybridized carbons (Fsp3) is 0.316. The lowest BCUT2D eigenvalue weighted by molar-refractivity contribution is -0.274. The molecule has 1 fully saturated rings. The first-order valence-electron chi connectivity index (χ1n) is 8.81. The molecule has 3 rings (SSSR count). The van der Waals surface area contributed by atoms with E-state index in [1.165, 1.54) is 22.5 Å². The zero-order chi connectivity index (χ0) is 24.1. The van der Waals surface area contributed by atoms with Crippen molar-refractivity contribution in [2.75, 3.05) is 19.7 Å². The second kappa shape index (κ2) is 10.5. The van der Waals surface area contributed by atoms with Gasteiger partial charge >= 0.3 is 6.36 Å². The van der Waals surface area contributed by atoms with E-state index in [1.54, 1.807) is 6.07 Å². The quantitative estimate of drug-likeness (QED) is 0.561. The summed E-state index contributed by atoms with van der Waals surface area (Å²) in [6, 6.07) is 8.45. The average Bonchev–Trinajstić information content (AvgIpc) is 3.11. The summed E-state index contributed by atoms with van der Waals surface area (Å²) in [5.74, 6) is -1.50. The number of benzene rings is 2. The standard InChI is InChI=1S/C12H13ClF3NO4S.C7H4FNO/c13-9-2-1-8(5-10(9)21-12(14,15)16)22(20)17-4-3-11(19,6-17)7-18;8-7-3-6(10)2-1-5(7)4-9/h1-2,5,18-19H,3-4,6-7H2;1-3,10H. The highest BCUT2D eigenvalue weighted by atomic mass is 35.5. The number of alkyl halides is 3. The Kier molecular flexibility index (Phi) is 8.44. The van der Waals surface area contributed by atoms with Gasteiger partial charge in [0.2, 0.25) is 0 Å². The smallest absolute Gasteiger partial charge is 0.508 e. The fourth-order valence-electron chi connectivity index (χ4n) is 2.63. The van der Waals surface area contributed by atoms with E-state index < -0.39 is 41.1 Å². The van der Waals surface area contributed by atoms with Gasteiger partial charge in [0.25, 0.3) is 0 Å². The number of aliphatic hydroxyl groups excluding tert-OH is 1. The SMILES string of the molecule is N#Cc1ccc(O)cc1F.O=S(c1ccc(Cl)c(OC(F)(F)F)c1)N1CCC(O)(CO)C1. The molecule has 2 aromatic carbocycles. The molecular weight excluding hydrogens is 480 g/mol. The van der Waals surface area contributed by atoms with Crippen LogP contribution in [0, 0.1) is 17.1 Å². The highest BCUT2D eigenvalue weighted by Gasteiger charge is 2.38. The van der Waals surface area contributed by atoms with Gasteiger partial charge in [-0.1, -0.05) is 11.6 Å². The van der Waals surface area contributed by atoms with Crippen molar-refractivity contribution in [3.8, 4) is 17.6 Å². The molecule has 2 unspecified atom stereocenters. The van der Waals surface area contributed by atoms with Crippen LogP contribution < -0.4 is 4.74 Å². The van der Waals surface area contributed by atoms with Gasteiger partial charge in [0.1, 0.15) is 40.0 Å². The Morgan fingerprint density at radius 2 is 1.97 bits per heavy atom. The summed E-state index contributed by atoms with van der Waals surface area (Å²) >= 11 is 5.62. The number of hydrogen-bond acceptors (Lipinski definition) is 6. The van der Waals surface area contributed by atoms with E-state index in [-0.39, 0.29) is 40.7 Å². The van der Waals surface area contributed by atoms with Crippen LogP contribution in [-0.2, 0) is 11.0 Å². The van der Waals surface area contributed by atoms with E-state index in [9.17, 15) is 26.9 Å². The van der Waals surface area contributed by atoms with Crippen molar-refractivity contribution in [3.63, 3.8) is 0 Å². The molecular formula is C19H17ClF4N2O5S. The van der Waals surface area contributed by atoms with Gasteiger partial charge in [-0.05, 0) is 36.8 Å². The number of aliphatic hydroxyl groups is 2. The molecule has 1 saturated heterocycles. The third-order valence-corrected chi connectivity index (χ3v) is 5.98. The fourth-order valence-corrected chi connectivity index (χ4v) is 4.09. The maximum atomic E-state index is 12.5. The van der Waals surface area contributed by atoms with Gasteiger partial charge in [0.05, 0.1) is 22.1 Å². The number of β-amino-alcohol motifs (C(OH)–C–C–N with tert-alkyl or cyclic N) is 1. The Balaban J connectivity index is 0.000000303. The summed E-state index contributed by atoms with van der Waals surface area (Å²) in [6.45, 7) is -0.292. The Morgan fingerprint density at radius 1 is 1.28 bits per heavy atom. The average molecular weight is 497 g/mol. The Morgan fingerprint density at radius 3 is 2.50 bits per heavy atom. The van der Waals surface area contributed by atoms with E-state index in [2.05, 4.69) is 4.74 Å². The molecule has 0 amide bonds. The second-order valence-electron chi connectivity index (χ2n) is 6.66. The minimum atomic E-state index is -4.91. The lowest BCUT2D eigenvalue weighted by Gasteiger charge is -2.20. The summed E-state index contributed by atoms with van der Waals surface area (Å²) < 4.78 is 66.8. The van der Waals surface area contributed by atoms with Gasteiger partial charge < -0.3 is 20.1 Å². The van der Waals surface area contributed by atoms with Crippen molar-refractivity contribution in [1.29, 1.82) is 5.26 Å². The van der Waals surface area contributed by atoms with Gasteiger partial charge in [-0.2, -0.15) is 5.26 Å². The third kappa shape index (κ3) is 7.04. The van der Waals surface area contributed by atoms with Gasteiger partial charge in [-0.15, -0.1) is 13.2 Å². The predicted molar refractivity (Wildman–Crippen MR) is 106 cm³/mol. The van der Waals surface area contributed by atoms with E-state index in [0.29, 0.717) is 0 Å². The minimum absolute atomic E-state index is 0.0474. The number of phenols is 1. The summed E-state index contributed by atoms with van der Waals surface area (Å²) in [4.78, 5) is 0.0610. The second-order valence-corrected chi connectivity index (χ2v) is 8.55. The van der Waals surface area contributed by atoms with E-state index in [1.807, 2.05) is 0 Å².